The molecule has 5 nitrogen and oxygen atoms in total. The maximum atomic E-state index is 14.0. The Balaban J connectivity index is 1.43. The lowest BCUT2D eigenvalue weighted by molar-refractivity contribution is -0.122. The lowest BCUT2D eigenvalue weighted by Gasteiger charge is -2.36. The van der Waals surface area contributed by atoms with Crippen molar-refractivity contribution in [3.8, 4) is 0 Å². The molecule has 1 aliphatic rings. The summed E-state index contributed by atoms with van der Waals surface area (Å²) in [6.45, 7) is 6.87. The third kappa shape index (κ3) is 7.33. The van der Waals surface area contributed by atoms with Crippen molar-refractivity contribution in [2.45, 2.75) is 32.2 Å². The van der Waals surface area contributed by atoms with Crippen LogP contribution in [0.25, 0.3) is 0 Å². The number of anilines is 1. The summed E-state index contributed by atoms with van der Waals surface area (Å²) >= 11 is 0. The van der Waals surface area contributed by atoms with Crippen molar-refractivity contribution in [3.05, 3.63) is 65.5 Å². The number of hydrogen-bond acceptors (Lipinski definition) is 4. The van der Waals surface area contributed by atoms with Crippen LogP contribution in [0.15, 0.2) is 48.5 Å². The highest BCUT2D eigenvalue weighted by Gasteiger charge is 2.21. The van der Waals surface area contributed by atoms with Gasteiger partial charge in [0.05, 0.1) is 12.6 Å². The molecule has 0 bridgehead atoms. The van der Waals surface area contributed by atoms with Crippen LogP contribution in [-0.2, 0) is 16.0 Å². The fraction of sp³-hybridized carbons (Fsp3) is 0.480. The number of amides is 1. The zero-order chi connectivity index (χ0) is 22.1. The van der Waals surface area contributed by atoms with Gasteiger partial charge < -0.3 is 19.9 Å². The van der Waals surface area contributed by atoms with Crippen LogP contribution in [0.1, 0.15) is 36.9 Å². The lowest BCUT2D eigenvalue weighted by atomic mass is 10.0. The van der Waals surface area contributed by atoms with Crippen LogP contribution in [0, 0.1) is 5.82 Å². The summed E-state index contributed by atoms with van der Waals surface area (Å²) in [5.74, 6) is -0.312. The largest absolute Gasteiger partial charge is 0.381 e. The molecule has 1 heterocycles. The van der Waals surface area contributed by atoms with Gasteiger partial charge in [0.1, 0.15) is 5.82 Å². The number of hydrogen-bond donors (Lipinski definition) is 1. The second-order valence-corrected chi connectivity index (χ2v) is 8.23. The summed E-state index contributed by atoms with van der Waals surface area (Å²) in [4.78, 5) is 17.0. The molecule has 0 radical (unpaired) electrons. The van der Waals surface area contributed by atoms with Gasteiger partial charge in [0.15, 0.2) is 0 Å². The number of halogens is 1. The van der Waals surface area contributed by atoms with Gasteiger partial charge >= 0.3 is 0 Å². The van der Waals surface area contributed by atoms with Crippen molar-refractivity contribution in [3.63, 3.8) is 0 Å². The van der Waals surface area contributed by atoms with E-state index < -0.39 is 0 Å². The number of nitrogens with one attached hydrogen (secondary N) is 1. The van der Waals surface area contributed by atoms with Gasteiger partial charge in [-0.25, -0.2) is 4.39 Å². The van der Waals surface area contributed by atoms with Gasteiger partial charge in [-0.15, -0.1) is 0 Å². The van der Waals surface area contributed by atoms with Crippen LogP contribution >= 0.6 is 0 Å². The molecule has 2 aromatic carbocycles. The summed E-state index contributed by atoms with van der Waals surface area (Å²) in [5, 5.41) is 3.03. The highest BCUT2D eigenvalue weighted by atomic mass is 19.1. The van der Waals surface area contributed by atoms with E-state index in [1.54, 1.807) is 6.07 Å². The predicted molar refractivity (Wildman–Crippen MR) is 123 cm³/mol. The molecule has 1 fully saturated rings. The maximum Gasteiger partial charge on any atom is 0.220 e. The number of benzene rings is 2. The van der Waals surface area contributed by atoms with Gasteiger partial charge in [-0.2, -0.15) is 0 Å². The van der Waals surface area contributed by atoms with E-state index in [-0.39, 0.29) is 17.8 Å². The number of likely N-dealkylation sites (N-methyl/N-ethyl adjacent to an activating group) is 1. The Bertz CT molecular complexity index is 823. The quantitative estimate of drug-likeness (QED) is 0.586. The molecule has 168 valence electrons. The van der Waals surface area contributed by atoms with E-state index in [9.17, 15) is 9.18 Å². The topological polar surface area (TPSA) is 44.8 Å². The Kier molecular flexibility index (Phi) is 8.85. The van der Waals surface area contributed by atoms with Crippen molar-refractivity contribution in [2.75, 3.05) is 51.3 Å². The minimum absolute atomic E-state index is 0.0345. The molecule has 3 rings (SSSR count). The molecule has 1 saturated heterocycles. The van der Waals surface area contributed by atoms with E-state index in [0.717, 1.165) is 43.9 Å². The molecule has 1 unspecified atom stereocenters. The Hall–Kier alpha value is -2.44. The molecule has 1 N–H and O–H groups in total. The number of piperazine rings is 1. The minimum atomic E-state index is -0.277. The van der Waals surface area contributed by atoms with E-state index >= 15 is 0 Å². The first-order valence-corrected chi connectivity index (χ1v) is 11.2. The zero-order valence-electron chi connectivity index (χ0n) is 18.6. The van der Waals surface area contributed by atoms with Crippen molar-refractivity contribution in [1.29, 1.82) is 0 Å². The molecule has 0 aromatic heterocycles. The molecule has 0 aliphatic carbocycles. The molecule has 1 amide bonds. The smallest absolute Gasteiger partial charge is 0.220 e. The van der Waals surface area contributed by atoms with E-state index in [2.05, 4.69) is 34.3 Å². The van der Waals surface area contributed by atoms with Crippen molar-refractivity contribution in [1.82, 2.24) is 10.2 Å². The average Bonchev–Trinajstić information content (AvgIpc) is 2.77. The summed E-state index contributed by atoms with van der Waals surface area (Å²) in [6, 6.07) is 14.8. The summed E-state index contributed by atoms with van der Waals surface area (Å²) in [6.07, 6.45) is 1.94. The number of carbonyl (C=O) groups excluding carboxylic acids is 1. The molecule has 31 heavy (non-hydrogen) atoms. The fourth-order valence-corrected chi connectivity index (χ4v) is 3.87. The molecule has 0 saturated carbocycles. The second-order valence-electron chi connectivity index (χ2n) is 8.23. The first-order valence-electron chi connectivity index (χ1n) is 11.2. The Morgan fingerprint density at radius 3 is 2.58 bits per heavy atom. The molecule has 1 atom stereocenters. The summed E-state index contributed by atoms with van der Waals surface area (Å²) < 4.78 is 19.6. The van der Waals surface area contributed by atoms with Gasteiger partial charge in [0.25, 0.3) is 0 Å². The Labute approximate surface area is 185 Å². The first kappa shape index (κ1) is 23.2. The predicted octanol–water partition coefficient (Wildman–Crippen LogP) is 3.79. The number of carbonyl (C=O) groups is 1. The number of rotatable bonds is 10. The van der Waals surface area contributed by atoms with Crippen LogP contribution in [-0.4, -0.2) is 57.2 Å². The molecule has 2 aromatic rings. The van der Waals surface area contributed by atoms with E-state index in [0.29, 0.717) is 26.1 Å². The maximum absolute atomic E-state index is 14.0. The van der Waals surface area contributed by atoms with Gasteiger partial charge in [-0.05, 0) is 50.6 Å². The molecular formula is C25H34FN3O2. The van der Waals surface area contributed by atoms with E-state index in [4.69, 9.17) is 4.74 Å². The van der Waals surface area contributed by atoms with E-state index in [1.807, 2.05) is 31.2 Å². The van der Waals surface area contributed by atoms with Gasteiger partial charge in [-0.3, -0.25) is 4.79 Å². The van der Waals surface area contributed by atoms with Crippen molar-refractivity contribution in [2.24, 2.45) is 0 Å². The normalized spacial score (nSPS) is 15.6. The molecule has 0 spiro atoms. The van der Waals surface area contributed by atoms with Crippen LogP contribution < -0.4 is 10.2 Å². The van der Waals surface area contributed by atoms with Gasteiger partial charge in [0, 0.05) is 50.5 Å². The average molecular weight is 428 g/mol. The van der Waals surface area contributed by atoms with E-state index in [1.165, 1.54) is 11.6 Å². The van der Waals surface area contributed by atoms with Crippen LogP contribution in [0.4, 0.5) is 10.1 Å². The van der Waals surface area contributed by atoms with Gasteiger partial charge in [-0.1, -0.05) is 30.3 Å². The highest BCUT2D eigenvalue weighted by molar-refractivity contribution is 5.76. The zero-order valence-corrected chi connectivity index (χ0v) is 18.6. The third-order valence-corrected chi connectivity index (χ3v) is 5.75. The molecular weight excluding hydrogens is 393 g/mol. The SMILES string of the molecule is CC(NC(=O)CCCOCCc1ccccc1)c1cc(F)ccc1N1CCN(C)CC1. The van der Waals surface area contributed by atoms with Crippen molar-refractivity contribution < 1.29 is 13.9 Å². The summed E-state index contributed by atoms with van der Waals surface area (Å²) in [7, 11) is 2.11. The summed E-state index contributed by atoms with van der Waals surface area (Å²) in [5.41, 5.74) is 3.09. The standard InChI is InChI=1S/C25H34FN3O2/c1-20(23-19-22(26)10-11-24(23)29-15-13-28(2)14-16-29)27-25(30)9-6-17-31-18-12-21-7-4-3-5-8-21/h3-5,7-8,10-11,19-20H,6,9,12-18H2,1-2H3,(H,27,30). The third-order valence-electron chi connectivity index (χ3n) is 5.75. The monoisotopic (exact) mass is 427 g/mol. The van der Waals surface area contributed by atoms with Crippen LogP contribution in [0.3, 0.4) is 0 Å². The van der Waals surface area contributed by atoms with Crippen LogP contribution in [0.2, 0.25) is 0 Å². The number of nitrogens with zero attached hydrogens (tertiary/aromatic N) is 2. The molecule has 6 heteroatoms. The van der Waals surface area contributed by atoms with Crippen LogP contribution in [0.5, 0.6) is 0 Å². The minimum Gasteiger partial charge on any atom is -0.381 e. The lowest BCUT2D eigenvalue weighted by Crippen LogP contribution is -2.45. The Morgan fingerprint density at radius 2 is 1.84 bits per heavy atom. The molecule has 1 aliphatic heterocycles. The Morgan fingerprint density at radius 1 is 1.10 bits per heavy atom. The van der Waals surface area contributed by atoms with Crippen molar-refractivity contribution >= 4 is 11.6 Å². The fourth-order valence-electron chi connectivity index (χ4n) is 3.87. The highest BCUT2D eigenvalue weighted by Crippen LogP contribution is 2.28. The second kappa shape index (κ2) is 11.8. The van der Waals surface area contributed by atoms with Gasteiger partial charge in [0.2, 0.25) is 5.91 Å². The number of ether oxygens (including phenoxy) is 1. The first-order chi connectivity index (χ1) is 15.0.